The fraction of sp³-hybridized carbons (Fsp3) is 0.333. The topological polar surface area (TPSA) is 79.6 Å². The van der Waals surface area contributed by atoms with E-state index in [0.29, 0.717) is 18.2 Å². The molecule has 0 N–H and O–H groups in total. The summed E-state index contributed by atoms with van der Waals surface area (Å²) >= 11 is 1.52. The van der Waals surface area contributed by atoms with Gasteiger partial charge in [0.15, 0.2) is 5.13 Å². The minimum Gasteiger partial charge on any atom is -0.308 e. The van der Waals surface area contributed by atoms with Gasteiger partial charge in [0, 0.05) is 25.2 Å². The molecular formula is C21H25ClN4O3S. The maximum atomic E-state index is 13.1. The van der Waals surface area contributed by atoms with Crippen LogP contribution in [0.4, 0.5) is 10.8 Å². The van der Waals surface area contributed by atoms with Crippen molar-refractivity contribution < 1.29 is 9.72 Å². The molecule has 0 aliphatic heterocycles. The Hall–Kier alpha value is -2.55. The van der Waals surface area contributed by atoms with Gasteiger partial charge in [0.25, 0.3) is 5.69 Å². The summed E-state index contributed by atoms with van der Waals surface area (Å²) < 4.78 is 1.09. The number of benzene rings is 2. The van der Waals surface area contributed by atoms with Crippen molar-refractivity contribution in [3.63, 3.8) is 0 Å². The van der Waals surface area contributed by atoms with Crippen LogP contribution in [0.1, 0.15) is 16.7 Å². The smallest absolute Gasteiger partial charge is 0.269 e. The molecule has 30 heavy (non-hydrogen) atoms. The number of anilines is 1. The number of aryl methyl sites for hydroxylation is 2. The Balaban J connectivity index is 0.00000320. The van der Waals surface area contributed by atoms with Crippen molar-refractivity contribution in [3.8, 4) is 0 Å². The van der Waals surface area contributed by atoms with E-state index in [0.717, 1.165) is 26.9 Å². The second-order valence-corrected chi connectivity index (χ2v) is 8.35. The highest BCUT2D eigenvalue weighted by Gasteiger charge is 2.21. The van der Waals surface area contributed by atoms with Crippen molar-refractivity contribution in [2.24, 2.45) is 0 Å². The second-order valence-electron chi connectivity index (χ2n) is 7.38. The van der Waals surface area contributed by atoms with Crippen LogP contribution in [0.2, 0.25) is 0 Å². The van der Waals surface area contributed by atoms with Crippen molar-refractivity contribution in [2.75, 3.05) is 32.1 Å². The quantitative estimate of drug-likeness (QED) is 0.396. The van der Waals surface area contributed by atoms with E-state index >= 15 is 0 Å². The SMILES string of the molecule is Cc1cc(C)c2sc(N(CCN(C)C)C(=O)Cc3ccc([N+](=O)[O-])cc3)nc2c1.Cl. The van der Waals surface area contributed by atoms with E-state index in [4.69, 9.17) is 4.98 Å². The van der Waals surface area contributed by atoms with Gasteiger partial charge in [-0.3, -0.25) is 19.8 Å². The Morgan fingerprint density at radius 3 is 2.40 bits per heavy atom. The number of nitro groups is 1. The number of nitrogens with zero attached hydrogens (tertiary/aromatic N) is 4. The summed E-state index contributed by atoms with van der Waals surface area (Å²) in [5.74, 6) is -0.0749. The minimum atomic E-state index is -0.444. The molecule has 0 aliphatic carbocycles. The lowest BCUT2D eigenvalue weighted by Gasteiger charge is -2.22. The molecule has 2 aromatic carbocycles. The zero-order valence-electron chi connectivity index (χ0n) is 17.4. The number of hydrogen-bond acceptors (Lipinski definition) is 6. The lowest BCUT2D eigenvalue weighted by molar-refractivity contribution is -0.384. The minimum absolute atomic E-state index is 0. The Morgan fingerprint density at radius 2 is 1.80 bits per heavy atom. The number of aromatic nitrogens is 1. The van der Waals surface area contributed by atoms with Gasteiger partial charge < -0.3 is 4.90 Å². The van der Waals surface area contributed by atoms with E-state index in [1.165, 1.54) is 23.5 Å². The largest absolute Gasteiger partial charge is 0.308 e. The zero-order valence-corrected chi connectivity index (χ0v) is 19.0. The van der Waals surface area contributed by atoms with Gasteiger partial charge in [0.2, 0.25) is 5.91 Å². The van der Waals surface area contributed by atoms with Gasteiger partial charge >= 0.3 is 0 Å². The predicted molar refractivity (Wildman–Crippen MR) is 124 cm³/mol. The summed E-state index contributed by atoms with van der Waals surface area (Å²) in [6, 6.07) is 10.3. The van der Waals surface area contributed by atoms with Crippen LogP contribution < -0.4 is 4.90 Å². The summed E-state index contributed by atoms with van der Waals surface area (Å²) in [5.41, 5.74) is 3.95. The molecular weight excluding hydrogens is 424 g/mol. The molecule has 9 heteroatoms. The number of likely N-dealkylation sites (N-methyl/N-ethyl adjacent to an activating group) is 1. The van der Waals surface area contributed by atoms with Gasteiger partial charge in [-0.1, -0.05) is 29.5 Å². The number of halogens is 1. The van der Waals surface area contributed by atoms with Gasteiger partial charge in [-0.05, 0) is 50.7 Å². The van der Waals surface area contributed by atoms with Crippen LogP contribution in [0.15, 0.2) is 36.4 Å². The van der Waals surface area contributed by atoms with Crippen molar-refractivity contribution >= 4 is 50.7 Å². The van der Waals surface area contributed by atoms with E-state index in [1.54, 1.807) is 17.0 Å². The first-order chi connectivity index (χ1) is 13.7. The Labute approximate surface area is 185 Å². The highest BCUT2D eigenvalue weighted by atomic mass is 35.5. The number of hydrogen-bond donors (Lipinski definition) is 0. The van der Waals surface area contributed by atoms with Crippen molar-refractivity contribution in [1.29, 1.82) is 0 Å². The molecule has 7 nitrogen and oxygen atoms in total. The van der Waals surface area contributed by atoms with Crippen LogP contribution in [-0.2, 0) is 11.2 Å². The standard InChI is InChI=1S/C21H24N4O3S.ClH/c1-14-11-15(2)20-18(12-14)22-21(29-20)24(10-9-23(3)4)19(26)13-16-5-7-17(8-6-16)25(27)28;/h5-8,11-12H,9-10,13H2,1-4H3;1H. The highest BCUT2D eigenvalue weighted by Crippen LogP contribution is 2.32. The Bertz CT molecular complexity index is 1050. The maximum Gasteiger partial charge on any atom is 0.269 e. The molecule has 0 saturated heterocycles. The summed E-state index contributed by atoms with van der Waals surface area (Å²) in [7, 11) is 3.93. The normalized spacial score (nSPS) is 10.8. The van der Waals surface area contributed by atoms with Gasteiger partial charge in [-0.25, -0.2) is 4.98 Å². The highest BCUT2D eigenvalue weighted by molar-refractivity contribution is 7.22. The van der Waals surface area contributed by atoms with Crippen LogP contribution >= 0.6 is 23.7 Å². The Morgan fingerprint density at radius 1 is 1.13 bits per heavy atom. The molecule has 0 bridgehead atoms. The molecule has 0 saturated carbocycles. The van der Waals surface area contributed by atoms with Crippen LogP contribution in [0, 0.1) is 24.0 Å². The average molecular weight is 449 g/mol. The first kappa shape index (κ1) is 23.7. The van der Waals surface area contributed by atoms with Crippen molar-refractivity contribution in [3.05, 3.63) is 63.2 Å². The van der Waals surface area contributed by atoms with Crippen LogP contribution in [-0.4, -0.2) is 47.9 Å². The molecule has 3 rings (SSSR count). The van der Waals surface area contributed by atoms with E-state index in [1.807, 2.05) is 32.0 Å². The summed E-state index contributed by atoms with van der Waals surface area (Å²) in [4.78, 5) is 32.0. The zero-order chi connectivity index (χ0) is 21.1. The molecule has 0 aliphatic rings. The van der Waals surface area contributed by atoms with Gasteiger partial charge in [0.1, 0.15) is 0 Å². The first-order valence-electron chi connectivity index (χ1n) is 9.31. The molecule has 0 fully saturated rings. The maximum absolute atomic E-state index is 13.1. The average Bonchev–Trinajstić information content (AvgIpc) is 3.06. The third-order valence-corrected chi connectivity index (χ3v) is 5.84. The monoisotopic (exact) mass is 448 g/mol. The molecule has 160 valence electrons. The molecule has 3 aromatic rings. The number of nitro benzene ring substituents is 1. The molecule has 0 unspecified atom stereocenters. The third kappa shape index (κ3) is 5.53. The molecule has 0 atom stereocenters. The second kappa shape index (κ2) is 9.97. The fourth-order valence-electron chi connectivity index (χ4n) is 3.11. The number of carbonyl (C=O) groups is 1. The number of fused-ring (bicyclic) bond motifs is 1. The summed E-state index contributed by atoms with van der Waals surface area (Å²) in [6.07, 6.45) is 0.166. The molecule has 1 heterocycles. The Kier molecular flexibility index (Phi) is 7.89. The number of amides is 1. The van der Waals surface area contributed by atoms with Crippen molar-refractivity contribution in [2.45, 2.75) is 20.3 Å². The third-order valence-electron chi connectivity index (χ3n) is 4.61. The molecule has 0 spiro atoms. The van der Waals surface area contributed by atoms with E-state index in [-0.39, 0.29) is 30.4 Å². The van der Waals surface area contributed by atoms with E-state index in [2.05, 4.69) is 13.0 Å². The number of non-ortho nitro benzene ring substituents is 1. The van der Waals surface area contributed by atoms with E-state index in [9.17, 15) is 14.9 Å². The first-order valence-corrected chi connectivity index (χ1v) is 10.1. The van der Waals surface area contributed by atoms with Crippen LogP contribution in [0.25, 0.3) is 10.2 Å². The van der Waals surface area contributed by atoms with Gasteiger partial charge in [-0.15, -0.1) is 12.4 Å². The fourth-order valence-corrected chi connectivity index (χ4v) is 4.17. The summed E-state index contributed by atoms with van der Waals surface area (Å²) in [5, 5.41) is 11.5. The van der Waals surface area contributed by atoms with Crippen LogP contribution in [0.3, 0.4) is 0 Å². The molecule has 1 aromatic heterocycles. The molecule has 0 radical (unpaired) electrons. The predicted octanol–water partition coefficient (Wildman–Crippen LogP) is 4.38. The van der Waals surface area contributed by atoms with Crippen molar-refractivity contribution in [1.82, 2.24) is 9.88 Å². The number of thiazole rings is 1. The lowest BCUT2D eigenvalue weighted by Crippen LogP contribution is -2.37. The lowest BCUT2D eigenvalue weighted by atomic mass is 10.1. The number of rotatable bonds is 7. The van der Waals surface area contributed by atoms with Gasteiger partial charge in [-0.2, -0.15) is 0 Å². The van der Waals surface area contributed by atoms with E-state index < -0.39 is 4.92 Å². The number of carbonyl (C=O) groups excluding carboxylic acids is 1. The van der Waals surface area contributed by atoms with Gasteiger partial charge in [0.05, 0.1) is 21.6 Å². The summed E-state index contributed by atoms with van der Waals surface area (Å²) in [6.45, 7) is 5.33. The van der Waals surface area contributed by atoms with Crippen LogP contribution in [0.5, 0.6) is 0 Å². The molecule has 1 amide bonds.